The van der Waals surface area contributed by atoms with Crippen LogP contribution in [0.15, 0.2) is 48.5 Å². The van der Waals surface area contributed by atoms with Gasteiger partial charge in [-0.1, -0.05) is 36.4 Å². The summed E-state index contributed by atoms with van der Waals surface area (Å²) in [5, 5.41) is 3.09. The molecule has 1 aliphatic rings. The molecule has 4 nitrogen and oxygen atoms in total. The second-order valence-electron chi connectivity index (χ2n) is 6.19. The summed E-state index contributed by atoms with van der Waals surface area (Å²) in [4.78, 5) is 12.3. The average Bonchev–Trinajstić information content (AvgIpc) is 2.54. The standard InChI is InChI=1S/C19H21NO3/c1-19(2,20-18(21)12-14-6-4-3-5-7-14)15-8-9-16-17(13-15)23-11-10-22-16/h3-9,13H,10-12H2,1-2H3,(H,20,21). The summed E-state index contributed by atoms with van der Waals surface area (Å²) in [6.45, 7) is 5.10. The lowest BCUT2D eigenvalue weighted by molar-refractivity contribution is -0.122. The third-order valence-electron chi connectivity index (χ3n) is 3.92. The topological polar surface area (TPSA) is 47.6 Å². The quantitative estimate of drug-likeness (QED) is 0.944. The van der Waals surface area contributed by atoms with Crippen molar-refractivity contribution in [1.82, 2.24) is 5.32 Å². The molecule has 2 aromatic rings. The summed E-state index contributed by atoms with van der Waals surface area (Å²) < 4.78 is 11.2. The van der Waals surface area contributed by atoms with Gasteiger partial charge in [0.2, 0.25) is 5.91 Å². The van der Waals surface area contributed by atoms with Crippen LogP contribution in [0.4, 0.5) is 0 Å². The van der Waals surface area contributed by atoms with Crippen molar-refractivity contribution in [1.29, 1.82) is 0 Å². The van der Waals surface area contributed by atoms with Gasteiger partial charge < -0.3 is 14.8 Å². The first-order valence-electron chi connectivity index (χ1n) is 7.80. The van der Waals surface area contributed by atoms with Crippen LogP contribution in [0.5, 0.6) is 11.5 Å². The van der Waals surface area contributed by atoms with Crippen LogP contribution in [0.25, 0.3) is 0 Å². The Kier molecular flexibility index (Phi) is 4.24. The number of ether oxygens (including phenoxy) is 2. The van der Waals surface area contributed by atoms with E-state index in [0.29, 0.717) is 19.6 Å². The lowest BCUT2D eigenvalue weighted by atomic mass is 9.93. The van der Waals surface area contributed by atoms with Gasteiger partial charge in [0, 0.05) is 0 Å². The van der Waals surface area contributed by atoms with Crippen molar-refractivity contribution >= 4 is 5.91 Å². The van der Waals surface area contributed by atoms with Crippen LogP contribution < -0.4 is 14.8 Å². The molecule has 1 heterocycles. The zero-order chi connectivity index (χ0) is 16.3. The highest BCUT2D eigenvalue weighted by molar-refractivity contribution is 5.79. The molecule has 0 spiro atoms. The lowest BCUT2D eigenvalue weighted by Gasteiger charge is -2.28. The van der Waals surface area contributed by atoms with E-state index in [0.717, 1.165) is 22.6 Å². The predicted molar refractivity (Wildman–Crippen MR) is 88.7 cm³/mol. The van der Waals surface area contributed by atoms with E-state index in [4.69, 9.17) is 9.47 Å². The van der Waals surface area contributed by atoms with Crippen LogP contribution >= 0.6 is 0 Å². The first-order valence-corrected chi connectivity index (χ1v) is 7.80. The van der Waals surface area contributed by atoms with Crippen molar-refractivity contribution in [2.45, 2.75) is 25.8 Å². The molecule has 0 aliphatic carbocycles. The first-order chi connectivity index (χ1) is 11.0. The van der Waals surface area contributed by atoms with E-state index < -0.39 is 5.54 Å². The van der Waals surface area contributed by atoms with Gasteiger partial charge in [-0.3, -0.25) is 4.79 Å². The molecular weight excluding hydrogens is 290 g/mol. The largest absolute Gasteiger partial charge is 0.486 e. The van der Waals surface area contributed by atoms with Crippen molar-refractivity contribution in [3.63, 3.8) is 0 Å². The summed E-state index contributed by atoms with van der Waals surface area (Å²) in [5.74, 6) is 1.49. The Morgan fingerprint density at radius 3 is 2.48 bits per heavy atom. The zero-order valence-corrected chi connectivity index (χ0v) is 13.5. The van der Waals surface area contributed by atoms with Crippen LogP contribution in [0.2, 0.25) is 0 Å². The second kappa shape index (κ2) is 6.32. The minimum absolute atomic E-state index is 0.00362. The number of hydrogen-bond donors (Lipinski definition) is 1. The Balaban J connectivity index is 1.72. The fraction of sp³-hybridized carbons (Fsp3) is 0.316. The molecule has 1 amide bonds. The molecule has 0 saturated heterocycles. The number of hydrogen-bond acceptors (Lipinski definition) is 3. The van der Waals surface area contributed by atoms with Gasteiger partial charge in [-0.25, -0.2) is 0 Å². The Labute approximate surface area is 136 Å². The van der Waals surface area contributed by atoms with Crippen molar-refractivity contribution in [2.24, 2.45) is 0 Å². The van der Waals surface area contributed by atoms with Crippen molar-refractivity contribution in [2.75, 3.05) is 13.2 Å². The fourth-order valence-corrected chi connectivity index (χ4v) is 2.68. The molecule has 0 unspecified atom stereocenters. The molecule has 0 bridgehead atoms. The molecule has 3 rings (SSSR count). The Bertz CT molecular complexity index is 695. The van der Waals surface area contributed by atoms with E-state index in [1.54, 1.807) is 0 Å². The van der Waals surface area contributed by atoms with Crippen LogP contribution in [0.1, 0.15) is 25.0 Å². The normalized spacial score (nSPS) is 13.5. The Morgan fingerprint density at radius 1 is 1.04 bits per heavy atom. The van der Waals surface area contributed by atoms with Gasteiger partial charge in [-0.2, -0.15) is 0 Å². The van der Waals surface area contributed by atoms with Gasteiger partial charge in [0.05, 0.1) is 12.0 Å². The van der Waals surface area contributed by atoms with E-state index in [9.17, 15) is 4.79 Å². The number of carbonyl (C=O) groups is 1. The van der Waals surface area contributed by atoms with E-state index in [-0.39, 0.29) is 5.91 Å². The van der Waals surface area contributed by atoms with Gasteiger partial charge in [0.25, 0.3) is 0 Å². The number of nitrogens with one attached hydrogen (secondary N) is 1. The molecule has 2 aromatic carbocycles. The summed E-state index contributed by atoms with van der Waals surface area (Å²) in [6.07, 6.45) is 0.370. The lowest BCUT2D eigenvalue weighted by Crippen LogP contribution is -2.41. The average molecular weight is 311 g/mol. The maximum absolute atomic E-state index is 12.3. The van der Waals surface area contributed by atoms with Gasteiger partial charge >= 0.3 is 0 Å². The predicted octanol–water partition coefficient (Wildman–Crippen LogP) is 3.05. The molecular formula is C19H21NO3. The fourth-order valence-electron chi connectivity index (χ4n) is 2.68. The van der Waals surface area contributed by atoms with Crippen LogP contribution in [0, 0.1) is 0 Å². The third kappa shape index (κ3) is 3.65. The molecule has 120 valence electrons. The molecule has 1 aliphatic heterocycles. The number of benzene rings is 2. The SMILES string of the molecule is CC(C)(NC(=O)Cc1ccccc1)c1ccc2c(c1)OCCO2. The summed E-state index contributed by atoms with van der Waals surface area (Å²) in [5.41, 5.74) is 1.51. The monoisotopic (exact) mass is 311 g/mol. The molecule has 0 radical (unpaired) electrons. The smallest absolute Gasteiger partial charge is 0.225 e. The van der Waals surface area contributed by atoms with Gasteiger partial charge in [0.15, 0.2) is 11.5 Å². The van der Waals surface area contributed by atoms with Crippen LogP contribution in [0.3, 0.4) is 0 Å². The Morgan fingerprint density at radius 2 is 1.74 bits per heavy atom. The van der Waals surface area contributed by atoms with E-state index in [1.807, 2.05) is 62.4 Å². The summed E-state index contributed by atoms with van der Waals surface area (Å²) >= 11 is 0. The molecule has 23 heavy (non-hydrogen) atoms. The molecule has 0 atom stereocenters. The van der Waals surface area contributed by atoms with E-state index in [1.165, 1.54) is 0 Å². The Hall–Kier alpha value is -2.49. The molecule has 0 aromatic heterocycles. The van der Waals surface area contributed by atoms with Gasteiger partial charge in [-0.15, -0.1) is 0 Å². The highest BCUT2D eigenvalue weighted by Crippen LogP contribution is 2.34. The highest BCUT2D eigenvalue weighted by Gasteiger charge is 2.25. The van der Waals surface area contributed by atoms with Crippen molar-refractivity contribution in [3.8, 4) is 11.5 Å². The molecule has 0 fully saturated rings. The maximum Gasteiger partial charge on any atom is 0.225 e. The van der Waals surface area contributed by atoms with E-state index >= 15 is 0 Å². The number of amides is 1. The summed E-state index contributed by atoms with van der Waals surface area (Å²) in [7, 11) is 0. The van der Waals surface area contributed by atoms with Gasteiger partial charge in [0.1, 0.15) is 13.2 Å². The zero-order valence-electron chi connectivity index (χ0n) is 13.5. The van der Waals surface area contributed by atoms with Crippen LogP contribution in [-0.4, -0.2) is 19.1 Å². The molecule has 4 heteroatoms. The van der Waals surface area contributed by atoms with Crippen molar-refractivity contribution < 1.29 is 14.3 Å². The third-order valence-corrected chi connectivity index (χ3v) is 3.92. The minimum Gasteiger partial charge on any atom is -0.486 e. The molecule has 0 saturated carbocycles. The maximum atomic E-state index is 12.3. The van der Waals surface area contributed by atoms with Gasteiger partial charge in [-0.05, 0) is 37.1 Å². The first kappa shape index (κ1) is 15.4. The second-order valence-corrected chi connectivity index (χ2v) is 6.19. The minimum atomic E-state index is -0.484. The van der Waals surface area contributed by atoms with Crippen LogP contribution in [-0.2, 0) is 16.8 Å². The van der Waals surface area contributed by atoms with E-state index in [2.05, 4.69) is 5.32 Å². The number of rotatable bonds is 4. The number of fused-ring (bicyclic) bond motifs is 1. The summed E-state index contributed by atoms with van der Waals surface area (Å²) in [6, 6.07) is 15.5. The molecule has 1 N–H and O–H groups in total. The highest BCUT2D eigenvalue weighted by atomic mass is 16.6. The van der Waals surface area contributed by atoms with Crippen molar-refractivity contribution in [3.05, 3.63) is 59.7 Å². The number of carbonyl (C=O) groups excluding carboxylic acids is 1.